The number of likely N-dealkylation sites (tertiary alicyclic amines) is 1. The molecule has 4 rings (SSSR count). The van der Waals surface area contributed by atoms with Crippen LogP contribution in [0.25, 0.3) is 0 Å². The summed E-state index contributed by atoms with van der Waals surface area (Å²) >= 11 is 0. The van der Waals surface area contributed by atoms with Gasteiger partial charge in [-0.15, -0.1) is 0 Å². The number of aromatic nitrogens is 2. The molecule has 8 nitrogen and oxygen atoms in total. The average molecular weight is 445 g/mol. The molecule has 166 valence electrons. The van der Waals surface area contributed by atoms with Crippen LogP contribution in [-0.2, 0) is 34.2 Å². The van der Waals surface area contributed by atoms with Crippen molar-refractivity contribution in [3.63, 3.8) is 0 Å². The molecule has 31 heavy (non-hydrogen) atoms. The lowest BCUT2D eigenvalue weighted by molar-refractivity contribution is -0.134. The molecule has 0 saturated carbocycles. The van der Waals surface area contributed by atoms with Crippen molar-refractivity contribution in [3.05, 3.63) is 62.8 Å². The number of nitrogens with one attached hydrogen (secondary N) is 1. The van der Waals surface area contributed by atoms with Gasteiger partial charge in [-0.25, -0.2) is 13.4 Å². The summed E-state index contributed by atoms with van der Waals surface area (Å²) in [6, 6.07) is 7.60. The maximum Gasteiger partial charge on any atom is 0.254 e. The fourth-order valence-corrected chi connectivity index (χ4v) is 5.15. The van der Waals surface area contributed by atoms with Crippen molar-refractivity contribution in [2.75, 3.05) is 19.3 Å². The summed E-state index contributed by atoms with van der Waals surface area (Å²) in [5.74, 6) is 0.461. The molecule has 1 aromatic carbocycles. The fourth-order valence-electron chi connectivity index (χ4n) is 4.37. The number of H-pyrrole nitrogens is 1. The number of hydrogen-bond acceptors (Lipinski definition) is 5. The van der Waals surface area contributed by atoms with Crippen molar-refractivity contribution in [3.8, 4) is 0 Å². The first-order chi connectivity index (χ1) is 14.7. The van der Waals surface area contributed by atoms with Crippen LogP contribution in [0.5, 0.6) is 0 Å². The van der Waals surface area contributed by atoms with Crippen LogP contribution in [0, 0.1) is 6.92 Å². The van der Waals surface area contributed by atoms with E-state index in [0.717, 1.165) is 30.4 Å². The molecular formula is C22H28N4O4S. The normalized spacial score (nSPS) is 19.8. The molecule has 0 radical (unpaired) electrons. The van der Waals surface area contributed by atoms with Gasteiger partial charge < -0.3 is 9.88 Å². The molecule has 2 aliphatic heterocycles. The Kier molecular flexibility index (Phi) is 5.98. The highest BCUT2D eigenvalue weighted by molar-refractivity contribution is 7.88. The highest BCUT2D eigenvalue weighted by Gasteiger charge is 2.32. The smallest absolute Gasteiger partial charge is 0.254 e. The van der Waals surface area contributed by atoms with Gasteiger partial charge >= 0.3 is 0 Å². The molecule has 1 amide bonds. The van der Waals surface area contributed by atoms with Crippen LogP contribution in [0.1, 0.15) is 53.5 Å². The molecule has 2 aromatic rings. The quantitative estimate of drug-likeness (QED) is 0.773. The monoisotopic (exact) mass is 444 g/mol. The molecule has 0 aliphatic carbocycles. The van der Waals surface area contributed by atoms with Crippen molar-refractivity contribution in [2.45, 2.75) is 51.6 Å². The Morgan fingerprint density at radius 1 is 1.19 bits per heavy atom. The van der Waals surface area contributed by atoms with Gasteiger partial charge in [0.05, 0.1) is 31.0 Å². The van der Waals surface area contributed by atoms with Gasteiger partial charge in [0.25, 0.3) is 5.56 Å². The van der Waals surface area contributed by atoms with E-state index in [2.05, 4.69) is 9.97 Å². The van der Waals surface area contributed by atoms with Crippen LogP contribution in [0.2, 0.25) is 0 Å². The van der Waals surface area contributed by atoms with Gasteiger partial charge in [0.15, 0.2) is 0 Å². The Labute approximate surface area is 182 Å². The van der Waals surface area contributed by atoms with Gasteiger partial charge in [-0.3, -0.25) is 9.59 Å². The van der Waals surface area contributed by atoms with Crippen LogP contribution >= 0.6 is 0 Å². The van der Waals surface area contributed by atoms with Crippen LogP contribution in [-0.4, -0.2) is 52.8 Å². The minimum Gasteiger partial charge on any atom is -0.332 e. The summed E-state index contributed by atoms with van der Waals surface area (Å²) in [6.45, 7) is 3.00. The first kappa shape index (κ1) is 21.7. The number of carbonyl (C=O) groups excluding carboxylic acids is 1. The Morgan fingerprint density at radius 3 is 2.65 bits per heavy atom. The number of piperidine rings is 1. The SMILES string of the molecule is Cc1ccc(CC(=O)N2CCCCC2c2nc3c(c(=O)[nH]2)CCN(S(C)(=O)=O)C3)cc1. The lowest BCUT2D eigenvalue weighted by atomic mass is 9.99. The molecule has 0 bridgehead atoms. The van der Waals surface area contributed by atoms with Crippen molar-refractivity contribution in [1.29, 1.82) is 0 Å². The van der Waals surface area contributed by atoms with Crippen LogP contribution in [0.15, 0.2) is 29.1 Å². The lowest BCUT2D eigenvalue weighted by Gasteiger charge is -2.36. The van der Waals surface area contributed by atoms with Crippen molar-refractivity contribution < 1.29 is 13.2 Å². The first-order valence-electron chi connectivity index (χ1n) is 10.6. The number of rotatable bonds is 4. The molecule has 3 heterocycles. The minimum atomic E-state index is -3.36. The summed E-state index contributed by atoms with van der Waals surface area (Å²) in [5, 5.41) is 0. The van der Waals surface area contributed by atoms with Crippen molar-refractivity contribution >= 4 is 15.9 Å². The summed E-state index contributed by atoms with van der Waals surface area (Å²) in [4.78, 5) is 35.2. The molecule has 1 saturated heterocycles. The molecule has 1 unspecified atom stereocenters. The summed E-state index contributed by atoms with van der Waals surface area (Å²) < 4.78 is 25.3. The average Bonchev–Trinajstić information content (AvgIpc) is 2.74. The molecule has 1 fully saturated rings. The molecule has 1 aromatic heterocycles. The fraction of sp³-hybridized carbons (Fsp3) is 0.500. The van der Waals surface area contributed by atoms with Gasteiger partial charge in [-0.1, -0.05) is 29.8 Å². The van der Waals surface area contributed by atoms with E-state index in [9.17, 15) is 18.0 Å². The maximum atomic E-state index is 13.1. The van der Waals surface area contributed by atoms with Crippen molar-refractivity contribution in [1.82, 2.24) is 19.2 Å². The zero-order valence-corrected chi connectivity index (χ0v) is 18.7. The number of amides is 1. The van der Waals surface area contributed by atoms with Crippen LogP contribution < -0.4 is 5.56 Å². The van der Waals surface area contributed by atoms with Gasteiger partial charge in [-0.05, 0) is 38.2 Å². The van der Waals surface area contributed by atoms with Gasteiger partial charge in [-0.2, -0.15) is 4.31 Å². The topological polar surface area (TPSA) is 103 Å². The third-order valence-electron chi connectivity index (χ3n) is 6.14. The number of hydrogen-bond donors (Lipinski definition) is 1. The summed E-state index contributed by atoms with van der Waals surface area (Å²) in [6.07, 6.45) is 4.37. The number of sulfonamides is 1. The van der Waals surface area contributed by atoms with E-state index in [-0.39, 0.29) is 30.6 Å². The van der Waals surface area contributed by atoms with Gasteiger partial charge in [0.1, 0.15) is 5.82 Å². The number of fused-ring (bicyclic) bond motifs is 1. The van der Waals surface area contributed by atoms with Crippen molar-refractivity contribution in [2.24, 2.45) is 0 Å². The minimum absolute atomic E-state index is 0.00619. The van der Waals surface area contributed by atoms with E-state index >= 15 is 0 Å². The van der Waals surface area contributed by atoms with Crippen LogP contribution in [0.3, 0.4) is 0 Å². The molecule has 1 N–H and O–H groups in total. The second-order valence-corrected chi connectivity index (χ2v) is 10.5. The Morgan fingerprint density at radius 2 is 1.94 bits per heavy atom. The first-order valence-corrected chi connectivity index (χ1v) is 12.5. The van der Waals surface area contributed by atoms with E-state index in [0.29, 0.717) is 36.5 Å². The largest absolute Gasteiger partial charge is 0.332 e. The van der Waals surface area contributed by atoms with E-state index in [1.54, 1.807) is 0 Å². The van der Waals surface area contributed by atoms with E-state index < -0.39 is 10.0 Å². The van der Waals surface area contributed by atoms with Gasteiger partial charge in [0, 0.05) is 18.7 Å². The highest BCUT2D eigenvalue weighted by Crippen LogP contribution is 2.30. The maximum absolute atomic E-state index is 13.1. The Bertz CT molecular complexity index is 1140. The van der Waals surface area contributed by atoms with Gasteiger partial charge in [0.2, 0.25) is 15.9 Å². The summed E-state index contributed by atoms with van der Waals surface area (Å²) in [5.41, 5.74) is 2.90. The number of aryl methyl sites for hydroxylation is 1. The number of nitrogens with zero attached hydrogens (tertiary/aromatic N) is 3. The molecule has 9 heteroatoms. The molecule has 0 spiro atoms. The second kappa shape index (κ2) is 8.55. The number of carbonyl (C=O) groups is 1. The van der Waals surface area contributed by atoms with Crippen LogP contribution in [0.4, 0.5) is 0 Å². The zero-order chi connectivity index (χ0) is 22.2. The van der Waals surface area contributed by atoms with E-state index in [1.165, 1.54) is 10.6 Å². The third kappa shape index (κ3) is 4.72. The molecule has 1 atom stereocenters. The standard InChI is InChI=1S/C22H28N4O4S/c1-15-6-8-16(9-7-15)13-20(27)26-11-4-3-5-19(26)21-23-18-14-25(31(2,29)30)12-10-17(18)22(28)24-21/h6-9,19H,3-5,10-14H2,1-2H3,(H,23,24,28). The van der Waals surface area contributed by atoms with E-state index in [4.69, 9.17) is 0 Å². The Balaban J connectivity index is 1.61. The lowest BCUT2D eigenvalue weighted by Crippen LogP contribution is -2.42. The number of aromatic amines is 1. The number of benzene rings is 1. The summed E-state index contributed by atoms with van der Waals surface area (Å²) in [7, 11) is -3.36. The predicted octanol–water partition coefficient (Wildman–Crippen LogP) is 1.69. The Hall–Kier alpha value is -2.52. The molecule has 2 aliphatic rings. The zero-order valence-electron chi connectivity index (χ0n) is 17.9. The second-order valence-electron chi connectivity index (χ2n) is 8.48. The predicted molar refractivity (Wildman–Crippen MR) is 117 cm³/mol. The molecular weight excluding hydrogens is 416 g/mol. The third-order valence-corrected chi connectivity index (χ3v) is 7.39. The highest BCUT2D eigenvalue weighted by atomic mass is 32.2. The van der Waals surface area contributed by atoms with E-state index in [1.807, 2.05) is 36.1 Å².